The molecule has 1 aromatic rings. The molecule has 1 rings (SSSR count). The van der Waals surface area contributed by atoms with Gasteiger partial charge < -0.3 is 17.8 Å². The average Bonchev–Trinajstić information content (AvgIpc) is 2.28. The third-order valence-corrected chi connectivity index (χ3v) is 9.26. The third-order valence-electron chi connectivity index (χ3n) is 2.63. The first-order valence-electron chi connectivity index (χ1n) is 5.65. The van der Waals surface area contributed by atoms with Gasteiger partial charge in [0.05, 0.1) is 0 Å². The molecule has 1 aromatic carbocycles. The lowest BCUT2D eigenvalue weighted by molar-refractivity contribution is 0.221. The van der Waals surface area contributed by atoms with E-state index in [-0.39, 0.29) is 12.0 Å². The zero-order valence-corrected chi connectivity index (χ0v) is 14.6. The molecule has 0 aliphatic heterocycles. The van der Waals surface area contributed by atoms with Gasteiger partial charge in [-0.05, 0) is 18.0 Å². The normalized spacial score (nSPS) is 15.8. The molecule has 4 nitrogen and oxygen atoms in total. The van der Waals surface area contributed by atoms with Gasteiger partial charge in [0.1, 0.15) is 10.5 Å². The molecule has 0 aliphatic carbocycles. The maximum atomic E-state index is 9.89. The van der Waals surface area contributed by atoms with Crippen LogP contribution in [0.2, 0.25) is 12.6 Å². The van der Waals surface area contributed by atoms with Crippen molar-refractivity contribution in [1.82, 2.24) is 0 Å². The minimum Gasteiger partial charge on any atom is -0.447 e. The summed E-state index contributed by atoms with van der Waals surface area (Å²) in [7, 11) is -4.83. The summed E-state index contributed by atoms with van der Waals surface area (Å²) < 4.78 is 10.4. The van der Waals surface area contributed by atoms with Crippen LogP contribution < -0.4 is 0 Å². The maximum Gasteiger partial charge on any atom is 0.486 e. The smallest absolute Gasteiger partial charge is 0.447 e. The van der Waals surface area contributed by atoms with Gasteiger partial charge in [0.15, 0.2) is 0 Å². The molecule has 0 spiro atoms. The van der Waals surface area contributed by atoms with Crippen LogP contribution in [-0.2, 0) is 8.23 Å². The van der Waals surface area contributed by atoms with Crippen LogP contribution in [0.5, 0.6) is 0 Å². The second kappa shape index (κ2) is 6.59. The predicted octanol–water partition coefficient (Wildman–Crippen LogP) is -0.122. The van der Waals surface area contributed by atoms with Crippen LogP contribution in [0, 0.1) is 0 Å². The summed E-state index contributed by atoms with van der Waals surface area (Å²) in [6.45, 7) is 3.79. The van der Waals surface area contributed by atoms with E-state index in [0.29, 0.717) is 10.5 Å². The largest absolute Gasteiger partial charge is 0.486 e. The van der Waals surface area contributed by atoms with E-state index in [1.807, 2.05) is 43.8 Å². The molecule has 0 radical (unpaired) electrons. The molecule has 17 heavy (non-hydrogen) atoms. The van der Waals surface area contributed by atoms with Crippen LogP contribution in [-0.4, -0.2) is 38.2 Å². The van der Waals surface area contributed by atoms with Gasteiger partial charge in [0.25, 0.3) is 9.28 Å². The van der Waals surface area contributed by atoms with Crippen molar-refractivity contribution in [2.24, 2.45) is 0 Å². The van der Waals surface area contributed by atoms with Crippen molar-refractivity contribution >= 4 is 28.6 Å². The molecule has 0 heterocycles. The lowest BCUT2D eigenvalue weighted by Crippen LogP contribution is -2.45. The van der Waals surface area contributed by atoms with E-state index in [1.54, 1.807) is 0 Å². The van der Waals surface area contributed by atoms with Crippen LogP contribution in [0.1, 0.15) is 18.4 Å². The number of hydrogen-bond donors (Lipinski definition) is 2. The lowest BCUT2D eigenvalue weighted by Gasteiger charge is -2.24. The van der Waals surface area contributed by atoms with Crippen LogP contribution >= 0.6 is 0 Å². The molecule has 2 atom stereocenters. The Kier molecular flexibility index (Phi) is 5.73. The van der Waals surface area contributed by atoms with Crippen LogP contribution in [0.25, 0.3) is 0 Å². The Morgan fingerprint density at radius 3 is 2.47 bits per heavy atom. The first-order valence-corrected chi connectivity index (χ1v) is 10.6. The fourth-order valence-corrected chi connectivity index (χ4v) is 6.46. The highest BCUT2D eigenvalue weighted by Crippen LogP contribution is 2.24. The van der Waals surface area contributed by atoms with Crippen molar-refractivity contribution in [2.75, 3.05) is 0 Å². The van der Waals surface area contributed by atoms with Gasteiger partial charge in [-0.25, -0.2) is 0 Å². The van der Waals surface area contributed by atoms with Gasteiger partial charge in [-0.1, -0.05) is 37.3 Å². The molecular weight excluding hydrogens is 268 g/mol. The summed E-state index contributed by atoms with van der Waals surface area (Å²) in [5.74, 6) is 0.0770. The van der Waals surface area contributed by atoms with Crippen molar-refractivity contribution in [1.29, 1.82) is 0 Å². The molecule has 2 N–H and O–H groups in total. The maximum absolute atomic E-state index is 9.89. The van der Waals surface area contributed by atoms with Gasteiger partial charge in [-0.2, -0.15) is 0 Å². The van der Waals surface area contributed by atoms with E-state index in [2.05, 4.69) is 0 Å². The van der Waals surface area contributed by atoms with Crippen molar-refractivity contribution in [3.8, 4) is 0 Å². The first kappa shape index (κ1) is 14.8. The predicted molar refractivity (Wildman–Crippen MR) is 75.0 cm³/mol. The molecular formula is C10H20O4Si3. The van der Waals surface area contributed by atoms with E-state index in [1.165, 1.54) is 0 Å². The molecule has 0 fully saturated rings. The third kappa shape index (κ3) is 5.25. The average molecular weight is 289 g/mol. The minimum absolute atomic E-state index is 0.0770. The molecule has 7 heteroatoms. The van der Waals surface area contributed by atoms with E-state index in [4.69, 9.17) is 8.23 Å². The highest BCUT2D eigenvalue weighted by atomic mass is 28.4. The quantitative estimate of drug-likeness (QED) is 0.717. The van der Waals surface area contributed by atoms with Gasteiger partial charge in [0, 0.05) is 6.04 Å². The summed E-state index contributed by atoms with van der Waals surface area (Å²) in [5, 5.41) is 0. The van der Waals surface area contributed by atoms with Crippen molar-refractivity contribution in [2.45, 2.75) is 25.4 Å². The van der Waals surface area contributed by atoms with E-state index in [0.717, 1.165) is 5.56 Å². The monoisotopic (exact) mass is 288 g/mol. The first-order chi connectivity index (χ1) is 7.94. The summed E-state index contributed by atoms with van der Waals surface area (Å²) in [5.41, 5.74) is 1.09. The zero-order chi connectivity index (χ0) is 12.9. The van der Waals surface area contributed by atoms with Crippen molar-refractivity contribution in [3.05, 3.63) is 35.9 Å². The van der Waals surface area contributed by atoms with E-state index < -0.39 is 18.1 Å². The van der Waals surface area contributed by atoms with Crippen LogP contribution in [0.4, 0.5) is 0 Å². The summed E-state index contributed by atoms with van der Waals surface area (Å²) >= 11 is 0. The van der Waals surface area contributed by atoms with Gasteiger partial charge in [-0.15, -0.1) is 0 Å². The number of benzene rings is 1. The summed E-state index contributed by atoms with van der Waals surface area (Å²) in [6.07, 6.45) is 0. The summed E-state index contributed by atoms with van der Waals surface area (Å²) in [4.78, 5) is 19.8. The topological polar surface area (TPSA) is 58.9 Å². The molecule has 0 bridgehead atoms. The van der Waals surface area contributed by atoms with Gasteiger partial charge >= 0.3 is 8.80 Å². The molecule has 0 aromatic heterocycles. The Balaban J connectivity index is 2.58. The zero-order valence-electron chi connectivity index (χ0n) is 10.5. The second-order valence-electron chi connectivity index (χ2n) is 4.18. The standard InChI is InChI=1S/C10H20O4Si3/c1-9(10-6-4-3-5-7-10)8-17(11,12)14-16(2)13-15/h3-7,9,11-12,16H,8H2,1-2,15H3. The van der Waals surface area contributed by atoms with Crippen molar-refractivity contribution in [3.63, 3.8) is 0 Å². The molecule has 0 amide bonds. The van der Waals surface area contributed by atoms with Crippen LogP contribution in [0.15, 0.2) is 30.3 Å². The minimum atomic E-state index is -3.57. The number of hydrogen-bond acceptors (Lipinski definition) is 4. The van der Waals surface area contributed by atoms with Crippen LogP contribution in [0.3, 0.4) is 0 Å². The fourth-order valence-electron chi connectivity index (χ4n) is 1.66. The van der Waals surface area contributed by atoms with Crippen molar-refractivity contribution < 1.29 is 17.8 Å². The molecule has 2 unspecified atom stereocenters. The Bertz CT molecular complexity index is 334. The Morgan fingerprint density at radius 1 is 1.35 bits per heavy atom. The summed E-state index contributed by atoms with van der Waals surface area (Å²) in [6, 6.07) is 10.1. The highest BCUT2D eigenvalue weighted by molar-refractivity contribution is 6.67. The number of rotatable bonds is 6. The highest BCUT2D eigenvalue weighted by Gasteiger charge is 2.36. The molecule has 96 valence electrons. The fraction of sp³-hybridized carbons (Fsp3) is 0.400. The van der Waals surface area contributed by atoms with E-state index >= 15 is 0 Å². The Labute approximate surface area is 108 Å². The Hall–Kier alpha value is -0.289. The second-order valence-corrected chi connectivity index (χ2v) is 10.0. The molecule has 0 aliphatic rings. The van der Waals surface area contributed by atoms with Gasteiger partial charge in [-0.3, -0.25) is 0 Å². The molecule has 0 saturated heterocycles. The van der Waals surface area contributed by atoms with E-state index in [9.17, 15) is 9.59 Å². The van der Waals surface area contributed by atoms with Gasteiger partial charge in [0.2, 0.25) is 0 Å². The lowest BCUT2D eigenvalue weighted by atomic mass is 10.0. The molecule has 0 saturated carbocycles. The Morgan fingerprint density at radius 2 is 1.94 bits per heavy atom. The SMILES string of the molecule is CC(C[Si](O)(O)O[SiH](C)O[SiH3])c1ccccc1.